The molecule has 2 aromatic carbocycles. The Morgan fingerprint density at radius 2 is 1.26 bits per heavy atom. The average molecular weight is 311 g/mol. The third kappa shape index (κ3) is 4.41. The van der Waals surface area contributed by atoms with Gasteiger partial charge in [0.2, 0.25) is 5.91 Å². The zero-order chi connectivity index (χ0) is 16.1. The summed E-state index contributed by atoms with van der Waals surface area (Å²) >= 11 is 0. The van der Waals surface area contributed by atoms with Crippen LogP contribution in [0.15, 0.2) is 54.6 Å². The van der Waals surface area contributed by atoms with E-state index in [2.05, 4.69) is 30.3 Å². The van der Waals surface area contributed by atoms with Gasteiger partial charge in [-0.25, -0.2) is 0 Å². The SMILES string of the molecule is NC(=O)c1ccc(C[NH+]2CC[NH+](Cc3ccccc3)CC2)cc1. The molecular formula is C19H25N3O+2. The van der Waals surface area contributed by atoms with E-state index in [1.165, 1.54) is 37.3 Å². The molecule has 0 spiro atoms. The predicted molar refractivity (Wildman–Crippen MR) is 90.2 cm³/mol. The average Bonchev–Trinajstić information content (AvgIpc) is 2.58. The van der Waals surface area contributed by atoms with Gasteiger partial charge in [0, 0.05) is 16.7 Å². The summed E-state index contributed by atoms with van der Waals surface area (Å²) < 4.78 is 0. The van der Waals surface area contributed by atoms with Gasteiger partial charge in [-0.15, -0.1) is 0 Å². The van der Waals surface area contributed by atoms with Gasteiger partial charge >= 0.3 is 0 Å². The van der Waals surface area contributed by atoms with Gasteiger partial charge in [-0.3, -0.25) is 4.79 Å². The lowest BCUT2D eigenvalue weighted by Crippen LogP contribution is -3.27. The lowest BCUT2D eigenvalue weighted by molar-refractivity contribution is -1.02. The highest BCUT2D eigenvalue weighted by Gasteiger charge is 2.23. The van der Waals surface area contributed by atoms with Gasteiger partial charge < -0.3 is 15.5 Å². The van der Waals surface area contributed by atoms with Crippen molar-refractivity contribution in [2.24, 2.45) is 5.73 Å². The second-order valence-corrected chi connectivity index (χ2v) is 6.40. The van der Waals surface area contributed by atoms with E-state index in [0.29, 0.717) is 5.56 Å². The quantitative estimate of drug-likeness (QED) is 0.670. The number of nitrogens with two attached hydrogens (primary N) is 1. The Bertz CT molecular complexity index is 631. The molecule has 0 bridgehead atoms. The molecule has 4 heteroatoms. The predicted octanol–water partition coefficient (Wildman–Crippen LogP) is -0.731. The van der Waals surface area contributed by atoms with Crippen molar-refractivity contribution < 1.29 is 14.6 Å². The first-order valence-corrected chi connectivity index (χ1v) is 8.30. The van der Waals surface area contributed by atoms with Crippen LogP contribution in [0.25, 0.3) is 0 Å². The Labute approximate surface area is 137 Å². The number of carbonyl (C=O) groups excluding carboxylic acids is 1. The van der Waals surface area contributed by atoms with Gasteiger partial charge in [0.1, 0.15) is 39.3 Å². The van der Waals surface area contributed by atoms with Crippen molar-refractivity contribution in [3.8, 4) is 0 Å². The molecule has 0 aliphatic carbocycles. The van der Waals surface area contributed by atoms with Crippen molar-refractivity contribution >= 4 is 5.91 Å². The fourth-order valence-corrected chi connectivity index (χ4v) is 3.27. The maximum Gasteiger partial charge on any atom is 0.248 e. The van der Waals surface area contributed by atoms with Crippen LogP contribution in [0, 0.1) is 0 Å². The Morgan fingerprint density at radius 1 is 0.783 bits per heavy atom. The summed E-state index contributed by atoms with van der Waals surface area (Å²) in [4.78, 5) is 14.4. The van der Waals surface area contributed by atoms with E-state index >= 15 is 0 Å². The molecule has 1 saturated heterocycles. The number of carbonyl (C=O) groups is 1. The molecule has 1 amide bonds. The summed E-state index contributed by atoms with van der Waals surface area (Å²) in [7, 11) is 0. The number of amides is 1. The van der Waals surface area contributed by atoms with E-state index in [-0.39, 0.29) is 5.91 Å². The fourth-order valence-electron chi connectivity index (χ4n) is 3.27. The molecule has 4 nitrogen and oxygen atoms in total. The second kappa shape index (κ2) is 7.40. The molecule has 4 N–H and O–H groups in total. The van der Waals surface area contributed by atoms with Crippen molar-refractivity contribution in [1.29, 1.82) is 0 Å². The summed E-state index contributed by atoms with van der Waals surface area (Å²) in [5.41, 5.74) is 8.56. The van der Waals surface area contributed by atoms with Gasteiger partial charge in [-0.2, -0.15) is 0 Å². The topological polar surface area (TPSA) is 52.0 Å². The van der Waals surface area contributed by atoms with Crippen molar-refractivity contribution in [3.05, 3.63) is 71.3 Å². The van der Waals surface area contributed by atoms with Gasteiger partial charge in [0.05, 0.1) is 0 Å². The Balaban J connectivity index is 1.48. The molecule has 2 aromatic rings. The first-order valence-electron chi connectivity index (χ1n) is 8.30. The van der Waals surface area contributed by atoms with Crippen molar-refractivity contribution in [3.63, 3.8) is 0 Å². The molecule has 0 saturated carbocycles. The molecular weight excluding hydrogens is 286 g/mol. The molecule has 23 heavy (non-hydrogen) atoms. The first kappa shape index (κ1) is 15.7. The third-order valence-corrected chi connectivity index (χ3v) is 4.65. The summed E-state index contributed by atoms with van der Waals surface area (Å²) in [6.45, 7) is 6.96. The Kier molecular flexibility index (Phi) is 5.05. The molecule has 1 heterocycles. The van der Waals surface area contributed by atoms with Crippen molar-refractivity contribution in [1.82, 2.24) is 0 Å². The van der Waals surface area contributed by atoms with Gasteiger partial charge in [-0.05, 0) is 12.1 Å². The molecule has 0 aromatic heterocycles. The second-order valence-electron chi connectivity index (χ2n) is 6.40. The summed E-state index contributed by atoms with van der Waals surface area (Å²) in [5.74, 6) is -0.359. The largest absolute Gasteiger partial charge is 0.366 e. The highest BCUT2D eigenvalue weighted by Crippen LogP contribution is 2.02. The summed E-state index contributed by atoms with van der Waals surface area (Å²) in [5, 5.41) is 0. The minimum Gasteiger partial charge on any atom is -0.366 e. The number of rotatable bonds is 5. The van der Waals surface area contributed by atoms with E-state index in [1.54, 1.807) is 9.80 Å². The molecule has 0 unspecified atom stereocenters. The highest BCUT2D eigenvalue weighted by molar-refractivity contribution is 5.92. The molecule has 0 atom stereocenters. The Hall–Kier alpha value is -2.17. The third-order valence-electron chi connectivity index (χ3n) is 4.65. The van der Waals surface area contributed by atoms with E-state index in [9.17, 15) is 4.79 Å². The van der Waals surface area contributed by atoms with Crippen LogP contribution in [0.5, 0.6) is 0 Å². The number of piperazine rings is 1. The lowest BCUT2D eigenvalue weighted by atomic mass is 10.1. The zero-order valence-electron chi connectivity index (χ0n) is 13.4. The van der Waals surface area contributed by atoms with E-state index in [4.69, 9.17) is 5.73 Å². The normalized spacial score (nSPS) is 21.0. The molecule has 120 valence electrons. The summed E-state index contributed by atoms with van der Waals surface area (Å²) in [6.07, 6.45) is 0. The number of primary amides is 1. The van der Waals surface area contributed by atoms with Crippen LogP contribution in [-0.2, 0) is 13.1 Å². The number of quaternary nitrogens is 2. The van der Waals surface area contributed by atoms with Crippen LogP contribution in [0.2, 0.25) is 0 Å². The van der Waals surface area contributed by atoms with Crippen molar-refractivity contribution in [2.75, 3.05) is 26.2 Å². The highest BCUT2D eigenvalue weighted by atomic mass is 16.1. The van der Waals surface area contributed by atoms with Gasteiger partial charge in [0.15, 0.2) is 0 Å². The summed E-state index contributed by atoms with van der Waals surface area (Å²) in [6, 6.07) is 18.4. The van der Waals surface area contributed by atoms with Crippen LogP contribution in [0.3, 0.4) is 0 Å². The molecule has 0 radical (unpaired) electrons. The number of hydrogen-bond acceptors (Lipinski definition) is 1. The van der Waals surface area contributed by atoms with Crippen LogP contribution >= 0.6 is 0 Å². The molecule has 1 aliphatic heterocycles. The first-order chi connectivity index (χ1) is 11.2. The molecule has 1 aliphatic rings. The maximum atomic E-state index is 11.1. The van der Waals surface area contributed by atoms with E-state index in [1.807, 2.05) is 24.3 Å². The van der Waals surface area contributed by atoms with Crippen LogP contribution < -0.4 is 15.5 Å². The van der Waals surface area contributed by atoms with Gasteiger partial charge in [0.25, 0.3) is 0 Å². The lowest BCUT2D eigenvalue weighted by Gasteiger charge is -2.29. The van der Waals surface area contributed by atoms with E-state index in [0.717, 1.165) is 13.1 Å². The number of benzene rings is 2. The maximum absolute atomic E-state index is 11.1. The monoisotopic (exact) mass is 311 g/mol. The zero-order valence-corrected chi connectivity index (χ0v) is 13.4. The van der Waals surface area contributed by atoms with E-state index < -0.39 is 0 Å². The smallest absolute Gasteiger partial charge is 0.248 e. The van der Waals surface area contributed by atoms with Crippen molar-refractivity contribution in [2.45, 2.75) is 13.1 Å². The minimum absolute atomic E-state index is 0.359. The Morgan fingerprint density at radius 3 is 1.74 bits per heavy atom. The van der Waals surface area contributed by atoms with Crippen LogP contribution in [0.4, 0.5) is 0 Å². The van der Waals surface area contributed by atoms with Crippen LogP contribution in [0.1, 0.15) is 21.5 Å². The number of hydrogen-bond donors (Lipinski definition) is 3. The minimum atomic E-state index is -0.359. The molecule has 3 rings (SSSR count). The standard InChI is InChI=1S/C19H23N3O/c20-19(23)18-8-6-17(7-9-18)15-22-12-10-21(11-13-22)14-16-4-2-1-3-5-16/h1-9H,10-15H2,(H2,20,23)/p+2. The molecule has 1 fully saturated rings. The number of nitrogens with one attached hydrogen (secondary N) is 2. The van der Waals surface area contributed by atoms with Gasteiger partial charge in [-0.1, -0.05) is 42.5 Å². The fraction of sp³-hybridized carbons (Fsp3) is 0.316. The van der Waals surface area contributed by atoms with Crippen LogP contribution in [-0.4, -0.2) is 32.1 Å².